The van der Waals surface area contributed by atoms with E-state index in [4.69, 9.17) is 14.2 Å². The summed E-state index contributed by atoms with van der Waals surface area (Å²) in [5.41, 5.74) is 0. The number of hydrogen-bond donors (Lipinski definition) is 0. The molecule has 0 unspecified atom stereocenters. The number of rotatable bonds is 25. The fraction of sp³-hybridized carbons (Fsp3) is 1.00. The summed E-state index contributed by atoms with van der Waals surface area (Å²) in [4.78, 5) is 0. The van der Waals surface area contributed by atoms with Gasteiger partial charge in [0.25, 0.3) is 0 Å². The molecule has 0 amide bonds. The minimum Gasteiger partial charge on any atom is -0.379 e. The first kappa shape index (κ1) is 27.8. The second-order valence-corrected chi connectivity index (χ2v) is 7.83. The molecular formula is C24H49FO3. The third kappa shape index (κ3) is 25.8. The van der Waals surface area contributed by atoms with E-state index >= 15 is 0 Å². The lowest BCUT2D eigenvalue weighted by atomic mass is 10.0. The minimum atomic E-state index is -0.428. The molecule has 0 spiro atoms. The van der Waals surface area contributed by atoms with Gasteiger partial charge in [0.1, 0.15) is 6.67 Å². The Kier molecular flexibility index (Phi) is 26.6. The summed E-state index contributed by atoms with van der Waals surface area (Å²) in [6, 6.07) is 0. The van der Waals surface area contributed by atoms with Gasteiger partial charge < -0.3 is 14.2 Å². The predicted octanol–water partition coefficient (Wildman–Crippen LogP) is 7.27. The van der Waals surface area contributed by atoms with Crippen LogP contribution in [0.25, 0.3) is 0 Å². The second kappa shape index (κ2) is 26.8. The number of ether oxygens (including phenoxy) is 3. The summed E-state index contributed by atoms with van der Waals surface area (Å²) in [5.74, 6) is 0. The van der Waals surface area contributed by atoms with Gasteiger partial charge in [-0.15, -0.1) is 0 Å². The molecular weight excluding hydrogens is 355 g/mol. The van der Waals surface area contributed by atoms with Crippen molar-refractivity contribution in [3.05, 3.63) is 0 Å². The highest BCUT2D eigenvalue weighted by Gasteiger charge is 1.95. The van der Waals surface area contributed by atoms with Crippen LogP contribution in [0.15, 0.2) is 0 Å². The van der Waals surface area contributed by atoms with E-state index in [1.54, 1.807) is 0 Å². The average molecular weight is 405 g/mol. The molecule has 0 radical (unpaired) electrons. The molecule has 0 saturated heterocycles. The van der Waals surface area contributed by atoms with E-state index in [1.807, 2.05) is 0 Å². The molecule has 28 heavy (non-hydrogen) atoms. The molecule has 0 bridgehead atoms. The molecule has 0 atom stereocenters. The monoisotopic (exact) mass is 404 g/mol. The number of hydrogen-bond acceptors (Lipinski definition) is 3. The van der Waals surface area contributed by atoms with Crippen LogP contribution in [0.4, 0.5) is 4.39 Å². The summed E-state index contributed by atoms with van der Waals surface area (Å²) < 4.78 is 27.7. The summed E-state index contributed by atoms with van der Waals surface area (Å²) in [7, 11) is 0. The zero-order valence-corrected chi connectivity index (χ0v) is 18.9. The Bertz CT molecular complexity index is 238. The zero-order chi connectivity index (χ0) is 20.4. The first-order valence-corrected chi connectivity index (χ1v) is 12.2. The molecule has 0 aliphatic carbocycles. The van der Waals surface area contributed by atoms with Crippen molar-refractivity contribution in [2.75, 3.05) is 46.3 Å². The van der Waals surface area contributed by atoms with Crippen LogP contribution in [0.2, 0.25) is 0 Å². The van der Waals surface area contributed by atoms with Crippen LogP contribution in [-0.4, -0.2) is 46.3 Å². The van der Waals surface area contributed by atoms with Crippen molar-refractivity contribution in [2.24, 2.45) is 0 Å². The topological polar surface area (TPSA) is 27.7 Å². The maximum absolute atomic E-state index is 11.8. The smallest absolute Gasteiger partial charge is 0.113 e. The van der Waals surface area contributed by atoms with Crippen molar-refractivity contribution < 1.29 is 18.6 Å². The normalized spacial score (nSPS) is 11.4. The first-order valence-electron chi connectivity index (χ1n) is 12.2. The zero-order valence-electron chi connectivity index (χ0n) is 18.9. The number of halogens is 1. The van der Waals surface area contributed by atoms with Gasteiger partial charge in [-0.25, -0.2) is 4.39 Å². The van der Waals surface area contributed by atoms with E-state index in [2.05, 4.69) is 6.92 Å². The lowest BCUT2D eigenvalue weighted by molar-refractivity contribution is 0.0117. The Morgan fingerprint density at radius 3 is 1.11 bits per heavy atom. The minimum absolute atomic E-state index is 0.166. The van der Waals surface area contributed by atoms with Gasteiger partial charge in [0.2, 0.25) is 0 Å². The van der Waals surface area contributed by atoms with Crippen molar-refractivity contribution in [1.29, 1.82) is 0 Å². The highest BCUT2D eigenvalue weighted by atomic mass is 19.1. The fourth-order valence-corrected chi connectivity index (χ4v) is 3.35. The molecule has 0 aliphatic rings. The van der Waals surface area contributed by atoms with Gasteiger partial charge in [-0.1, -0.05) is 103 Å². The summed E-state index contributed by atoms with van der Waals surface area (Å²) in [6.07, 6.45) is 22.3. The maximum atomic E-state index is 11.8. The average Bonchev–Trinajstić information content (AvgIpc) is 2.71. The lowest BCUT2D eigenvalue weighted by Crippen LogP contribution is -2.10. The van der Waals surface area contributed by atoms with Gasteiger partial charge in [-0.2, -0.15) is 0 Å². The first-order chi connectivity index (χ1) is 13.9. The van der Waals surface area contributed by atoms with Gasteiger partial charge in [0.15, 0.2) is 0 Å². The lowest BCUT2D eigenvalue weighted by Gasteiger charge is -2.06. The van der Waals surface area contributed by atoms with Gasteiger partial charge >= 0.3 is 0 Å². The van der Waals surface area contributed by atoms with E-state index < -0.39 is 6.67 Å². The van der Waals surface area contributed by atoms with E-state index in [1.165, 1.54) is 96.3 Å². The third-order valence-electron chi connectivity index (χ3n) is 5.11. The highest BCUT2D eigenvalue weighted by Crippen LogP contribution is 2.13. The molecule has 0 aromatic carbocycles. The quantitative estimate of drug-likeness (QED) is 0.150. The van der Waals surface area contributed by atoms with E-state index in [0.717, 1.165) is 13.0 Å². The molecule has 0 heterocycles. The largest absolute Gasteiger partial charge is 0.379 e. The Morgan fingerprint density at radius 1 is 0.393 bits per heavy atom. The fourth-order valence-electron chi connectivity index (χ4n) is 3.35. The maximum Gasteiger partial charge on any atom is 0.113 e. The van der Waals surface area contributed by atoms with Crippen LogP contribution in [0.5, 0.6) is 0 Å². The van der Waals surface area contributed by atoms with Crippen molar-refractivity contribution >= 4 is 0 Å². The van der Waals surface area contributed by atoms with Crippen molar-refractivity contribution in [3.8, 4) is 0 Å². The number of alkyl halides is 1. The Hall–Kier alpha value is -0.190. The SMILES string of the molecule is CCCCCCCCCCCCCCCCCCOCCOCCOCCF. The molecule has 0 aliphatic heterocycles. The van der Waals surface area contributed by atoms with Crippen molar-refractivity contribution in [3.63, 3.8) is 0 Å². The van der Waals surface area contributed by atoms with Crippen molar-refractivity contribution in [1.82, 2.24) is 0 Å². The highest BCUT2D eigenvalue weighted by molar-refractivity contribution is 4.50. The van der Waals surface area contributed by atoms with Gasteiger partial charge in [0, 0.05) is 6.61 Å². The molecule has 3 nitrogen and oxygen atoms in total. The molecule has 170 valence electrons. The van der Waals surface area contributed by atoms with Crippen LogP contribution in [0, 0.1) is 0 Å². The second-order valence-electron chi connectivity index (χ2n) is 7.83. The van der Waals surface area contributed by atoms with Gasteiger partial charge in [-0.3, -0.25) is 0 Å². The Balaban J connectivity index is 2.96. The van der Waals surface area contributed by atoms with Crippen LogP contribution in [0.3, 0.4) is 0 Å². The summed E-state index contributed by atoms with van der Waals surface area (Å²) in [6.45, 7) is 5.07. The Morgan fingerprint density at radius 2 is 0.714 bits per heavy atom. The number of unbranched alkanes of at least 4 members (excludes halogenated alkanes) is 15. The van der Waals surface area contributed by atoms with Crippen molar-refractivity contribution in [2.45, 2.75) is 110 Å². The van der Waals surface area contributed by atoms with E-state index in [-0.39, 0.29) is 6.61 Å². The molecule has 0 aromatic heterocycles. The summed E-state index contributed by atoms with van der Waals surface area (Å²) >= 11 is 0. The van der Waals surface area contributed by atoms with E-state index in [9.17, 15) is 4.39 Å². The van der Waals surface area contributed by atoms with Gasteiger partial charge in [0.05, 0.1) is 33.0 Å². The third-order valence-corrected chi connectivity index (χ3v) is 5.11. The molecule has 0 N–H and O–H groups in total. The molecule has 4 heteroatoms. The summed E-state index contributed by atoms with van der Waals surface area (Å²) in [5, 5.41) is 0. The molecule has 0 fully saturated rings. The Labute approximate surface area is 175 Å². The predicted molar refractivity (Wildman–Crippen MR) is 118 cm³/mol. The van der Waals surface area contributed by atoms with Crippen LogP contribution in [0.1, 0.15) is 110 Å². The van der Waals surface area contributed by atoms with E-state index in [0.29, 0.717) is 26.4 Å². The van der Waals surface area contributed by atoms with Crippen LogP contribution >= 0.6 is 0 Å². The van der Waals surface area contributed by atoms with Crippen LogP contribution < -0.4 is 0 Å². The van der Waals surface area contributed by atoms with Gasteiger partial charge in [-0.05, 0) is 6.42 Å². The standard InChI is InChI=1S/C24H49FO3/c1-2-3-4-5-6-7-8-9-10-11-12-13-14-15-16-17-19-26-21-23-28-24-22-27-20-18-25/h2-24H2,1H3. The molecule has 0 rings (SSSR count). The molecule has 0 saturated carbocycles. The molecule has 0 aromatic rings. The van der Waals surface area contributed by atoms with Crippen LogP contribution in [-0.2, 0) is 14.2 Å².